The molecule has 0 bridgehead atoms. The van der Waals surface area contributed by atoms with Crippen LogP contribution in [0.1, 0.15) is 0 Å². The molecule has 0 radical (unpaired) electrons. The van der Waals surface area contributed by atoms with Crippen LogP contribution in [0.15, 0.2) is 0 Å². The van der Waals surface area contributed by atoms with E-state index in [1.807, 2.05) is 0 Å². The Morgan fingerprint density at radius 1 is 1.57 bits per heavy atom. The van der Waals surface area contributed by atoms with Gasteiger partial charge in [-0.25, -0.2) is 4.57 Å². The van der Waals surface area contributed by atoms with Gasteiger partial charge in [-0.05, 0) is 0 Å². The van der Waals surface area contributed by atoms with Crippen molar-refractivity contribution in [2.45, 2.75) is 0 Å². The first-order valence-corrected chi connectivity index (χ1v) is 2.70. The van der Waals surface area contributed by atoms with E-state index in [-0.39, 0.29) is 17.1 Å². The fourth-order valence-corrected chi connectivity index (χ4v) is 0. The van der Waals surface area contributed by atoms with Crippen molar-refractivity contribution in [3.05, 3.63) is 0 Å². The van der Waals surface area contributed by atoms with Crippen LogP contribution in [-0.2, 0) is 26.2 Å². The van der Waals surface area contributed by atoms with Crippen LogP contribution in [0.25, 0.3) is 0 Å². The van der Waals surface area contributed by atoms with Crippen LogP contribution in [0.4, 0.5) is 0 Å². The van der Waals surface area contributed by atoms with Gasteiger partial charge in [-0.1, -0.05) is 0 Å². The van der Waals surface area contributed by atoms with Gasteiger partial charge in [0.15, 0.2) is 0 Å². The Morgan fingerprint density at radius 2 is 1.71 bits per heavy atom. The summed E-state index contributed by atoms with van der Waals surface area (Å²) in [6.45, 7) is 0. The molecule has 0 unspecified atom stereocenters. The largest absolute Gasteiger partial charge is 0.469 e. The van der Waals surface area contributed by atoms with E-state index in [9.17, 15) is 4.57 Å². The zero-order valence-electron chi connectivity index (χ0n) is 3.51. The van der Waals surface area contributed by atoms with Gasteiger partial charge in [0, 0.05) is 24.2 Å². The van der Waals surface area contributed by atoms with Gasteiger partial charge in [0.2, 0.25) is 0 Å². The molecule has 0 aliphatic heterocycles. The van der Waals surface area contributed by atoms with Crippen molar-refractivity contribution in [2.75, 3.05) is 7.11 Å². The van der Waals surface area contributed by atoms with Gasteiger partial charge in [-0.15, -0.1) is 0 Å². The zero-order chi connectivity index (χ0) is 5.21. The van der Waals surface area contributed by atoms with Crippen molar-refractivity contribution in [3.8, 4) is 0 Å². The third-order valence-corrected chi connectivity index (χ3v) is 0.714. The van der Waals surface area contributed by atoms with Gasteiger partial charge in [0.1, 0.15) is 0 Å². The maximum atomic E-state index is 9.47. The van der Waals surface area contributed by atoms with Crippen LogP contribution < -0.4 is 0 Å². The van der Waals surface area contributed by atoms with Crippen LogP contribution >= 0.6 is 7.82 Å². The number of phosphoric acid groups is 1. The smallest absolute Gasteiger partial charge is 0.303 e. The minimum absolute atomic E-state index is 0. The molecule has 46 valence electrons. The Kier molecular flexibility index (Phi) is 5.46. The molecule has 0 heterocycles. The molecule has 0 aromatic carbocycles. The summed E-state index contributed by atoms with van der Waals surface area (Å²) in [7, 11) is -3.20. The van der Waals surface area contributed by atoms with Crippen LogP contribution in [0.5, 0.6) is 0 Å². The van der Waals surface area contributed by atoms with E-state index in [1.54, 1.807) is 0 Å². The van der Waals surface area contributed by atoms with Gasteiger partial charge in [-0.2, -0.15) is 0 Å². The standard InChI is InChI=1S/CH5O4P.Fe/c1-5-6(2,3)4;/h1H3,(H2,2,3,4);. The molecule has 0 aromatic heterocycles. The summed E-state index contributed by atoms with van der Waals surface area (Å²) in [5, 5.41) is 0. The van der Waals surface area contributed by atoms with Gasteiger partial charge in [0.25, 0.3) is 0 Å². The summed E-state index contributed by atoms with van der Waals surface area (Å²) < 4.78 is 13.1. The minimum atomic E-state index is -4.15. The van der Waals surface area contributed by atoms with Crippen LogP contribution in [0, 0.1) is 0 Å². The predicted molar refractivity (Wildman–Crippen MR) is 19.1 cm³/mol. The van der Waals surface area contributed by atoms with Gasteiger partial charge >= 0.3 is 7.82 Å². The molecular formula is CH5FeO4P. The maximum absolute atomic E-state index is 9.47. The Balaban J connectivity index is 0. The van der Waals surface area contributed by atoms with Crippen molar-refractivity contribution in [1.82, 2.24) is 0 Å². The molecule has 0 saturated heterocycles. The Bertz CT molecular complexity index is 75.8. The molecule has 0 amide bonds. The molecule has 0 fully saturated rings. The minimum Gasteiger partial charge on any atom is -0.303 e. The molecule has 0 atom stereocenters. The van der Waals surface area contributed by atoms with Crippen molar-refractivity contribution in [1.29, 1.82) is 0 Å². The first-order valence-electron chi connectivity index (χ1n) is 1.17. The molecule has 0 rings (SSSR count). The van der Waals surface area contributed by atoms with E-state index in [1.165, 1.54) is 0 Å². The third kappa shape index (κ3) is 10.8. The second-order valence-corrected chi connectivity index (χ2v) is 2.02. The van der Waals surface area contributed by atoms with Crippen molar-refractivity contribution in [3.63, 3.8) is 0 Å². The average Bonchev–Trinajstić information content (AvgIpc) is 1.35. The van der Waals surface area contributed by atoms with Crippen LogP contribution in [-0.4, -0.2) is 16.9 Å². The van der Waals surface area contributed by atoms with E-state index < -0.39 is 7.82 Å². The summed E-state index contributed by atoms with van der Waals surface area (Å²) in [4.78, 5) is 15.4. The van der Waals surface area contributed by atoms with E-state index in [0.717, 1.165) is 7.11 Å². The maximum Gasteiger partial charge on any atom is 0.469 e. The first-order chi connectivity index (χ1) is 2.56. The predicted octanol–water partition coefficient (Wildman–Crippen LogP) is -0.277. The molecule has 0 spiro atoms. The fraction of sp³-hybridized carbons (Fsp3) is 1.00. The summed E-state index contributed by atoms with van der Waals surface area (Å²) in [6.07, 6.45) is 0. The van der Waals surface area contributed by atoms with Crippen molar-refractivity contribution in [2.24, 2.45) is 0 Å². The Hall–Kier alpha value is 0.629. The molecule has 4 nitrogen and oxygen atoms in total. The number of hydrogen-bond acceptors (Lipinski definition) is 2. The van der Waals surface area contributed by atoms with E-state index in [0.29, 0.717) is 0 Å². The van der Waals surface area contributed by atoms with Gasteiger partial charge in [-0.3, -0.25) is 4.52 Å². The van der Waals surface area contributed by atoms with Crippen molar-refractivity contribution >= 4 is 7.82 Å². The molecule has 7 heavy (non-hydrogen) atoms. The van der Waals surface area contributed by atoms with E-state index >= 15 is 0 Å². The zero-order valence-corrected chi connectivity index (χ0v) is 5.51. The molecule has 2 N–H and O–H groups in total. The summed E-state index contributed by atoms with van der Waals surface area (Å²) in [5.41, 5.74) is 0. The van der Waals surface area contributed by atoms with Crippen molar-refractivity contribution < 1.29 is 35.9 Å². The first kappa shape index (κ1) is 10.6. The Morgan fingerprint density at radius 3 is 1.71 bits per heavy atom. The Labute approximate surface area is 51.6 Å². The third-order valence-electron chi connectivity index (χ3n) is 0.238. The quantitative estimate of drug-likeness (QED) is 0.417. The SMILES string of the molecule is COP(=O)(O)O.[Fe]. The summed E-state index contributed by atoms with van der Waals surface area (Å²) in [5.74, 6) is 0. The van der Waals surface area contributed by atoms with Gasteiger partial charge < -0.3 is 9.79 Å². The van der Waals surface area contributed by atoms with Crippen LogP contribution in [0.2, 0.25) is 0 Å². The van der Waals surface area contributed by atoms with E-state index in [2.05, 4.69) is 4.52 Å². The molecule has 6 heteroatoms. The topological polar surface area (TPSA) is 66.8 Å². The summed E-state index contributed by atoms with van der Waals surface area (Å²) >= 11 is 0. The number of hydrogen-bond donors (Lipinski definition) is 2. The molecule has 0 aliphatic carbocycles. The second kappa shape index (κ2) is 3.61. The van der Waals surface area contributed by atoms with E-state index in [4.69, 9.17) is 9.79 Å². The molecule has 0 aromatic rings. The molecule has 0 saturated carbocycles. The average molecular weight is 168 g/mol. The normalized spacial score (nSPS) is 10.1. The molecule has 0 aliphatic rings. The number of rotatable bonds is 1. The number of phosphoric ester groups is 1. The summed E-state index contributed by atoms with van der Waals surface area (Å²) in [6, 6.07) is 0. The van der Waals surface area contributed by atoms with Gasteiger partial charge in [0.05, 0.1) is 0 Å². The molecular weight excluding hydrogens is 163 g/mol. The monoisotopic (exact) mass is 168 g/mol. The second-order valence-electron chi connectivity index (χ2n) is 0.673. The van der Waals surface area contributed by atoms with Crippen LogP contribution in [0.3, 0.4) is 0 Å². The fourth-order valence-electron chi connectivity index (χ4n) is 0.